The number of hydrogen-bond acceptors (Lipinski definition) is 6. The number of carbonyl (C=O) groups is 2. The molecule has 9 heteroatoms. The SMILES string of the molecule is O=C(CNS(=O)(=O)/C=C/c1ccccc1)OCC(=O)N1CCOCC1. The average molecular weight is 368 g/mol. The summed E-state index contributed by atoms with van der Waals surface area (Å²) in [6.07, 6.45) is 1.41. The van der Waals surface area contributed by atoms with E-state index < -0.39 is 29.1 Å². The monoisotopic (exact) mass is 368 g/mol. The number of esters is 1. The molecule has 1 fully saturated rings. The first-order valence-corrected chi connectivity index (χ1v) is 9.25. The Morgan fingerprint density at radius 2 is 1.88 bits per heavy atom. The van der Waals surface area contributed by atoms with Gasteiger partial charge in [0.2, 0.25) is 10.0 Å². The van der Waals surface area contributed by atoms with Gasteiger partial charge in [0.1, 0.15) is 6.54 Å². The molecule has 0 bridgehead atoms. The Hall–Kier alpha value is -2.23. The largest absolute Gasteiger partial charge is 0.455 e. The maximum atomic E-state index is 11.8. The van der Waals surface area contributed by atoms with Crippen LogP contribution in [0.5, 0.6) is 0 Å². The van der Waals surface area contributed by atoms with E-state index in [1.807, 2.05) is 6.07 Å². The van der Waals surface area contributed by atoms with Gasteiger partial charge < -0.3 is 14.4 Å². The van der Waals surface area contributed by atoms with Gasteiger partial charge in [0.15, 0.2) is 6.61 Å². The Balaban J connectivity index is 1.73. The summed E-state index contributed by atoms with van der Waals surface area (Å²) < 4.78 is 35.6. The summed E-state index contributed by atoms with van der Waals surface area (Å²) in [5.41, 5.74) is 0.714. The van der Waals surface area contributed by atoms with Gasteiger partial charge in [-0.15, -0.1) is 0 Å². The molecule has 136 valence electrons. The van der Waals surface area contributed by atoms with E-state index in [1.54, 1.807) is 24.3 Å². The second-order valence-corrected chi connectivity index (χ2v) is 6.88. The fourth-order valence-electron chi connectivity index (χ4n) is 2.04. The number of amides is 1. The van der Waals surface area contributed by atoms with Gasteiger partial charge in [-0.25, -0.2) is 13.1 Å². The fraction of sp³-hybridized carbons (Fsp3) is 0.375. The van der Waals surface area contributed by atoms with Gasteiger partial charge >= 0.3 is 5.97 Å². The molecule has 1 N–H and O–H groups in total. The van der Waals surface area contributed by atoms with Crippen molar-refractivity contribution in [2.45, 2.75) is 0 Å². The normalized spacial score (nSPS) is 15.3. The van der Waals surface area contributed by atoms with Crippen LogP contribution in [-0.2, 0) is 29.1 Å². The van der Waals surface area contributed by atoms with Gasteiger partial charge in [0.05, 0.1) is 13.2 Å². The minimum absolute atomic E-state index is 0.330. The molecule has 0 atom stereocenters. The van der Waals surface area contributed by atoms with Crippen molar-refractivity contribution >= 4 is 28.0 Å². The maximum absolute atomic E-state index is 11.8. The van der Waals surface area contributed by atoms with E-state index in [-0.39, 0.29) is 5.91 Å². The number of hydrogen-bond donors (Lipinski definition) is 1. The zero-order valence-electron chi connectivity index (χ0n) is 13.6. The second-order valence-electron chi connectivity index (χ2n) is 5.23. The minimum Gasteiger partial charge on any atom is -0.455 e. The standard InChI is InChI=1S/C16H20N2O6S/c19-15(18-7-9-23-10-8-18)13-24-16(20)12-17-25(21,22)11-6-14-4-2-1-3-5-14/h1-6,11,17H,7-10,12-13H2/b11-6+. The van der Waals surface area contributed by atoms with Gasteiger partial charge in [-0.3, -0.25) is 9.59 Å². The molecule has 0 unspecified atom stereocenters. The third kappa shape index (κ3) is 7.04. The van der Waals surface area contributed by atoms with E-state index in [0.29, 0.717) is 31.9 Å². The summed E-state index contributed by atoms with van der Waals surface area (Å²) in [5.74, 6) is -1.15. The van der Waals surface area contributed by atoms with Crippen LogP contribution in [0.4, 0.5) is 0 Å². The van der Waals surface area contributed by atoms with E-state index in [2.05, 4.69) is 4.72 Å². The average Bonchev–Trinajstić information content (AvgIpc) is 2.64. The molecular formula is C16H20N2O6S. The Labute approximate surface area is 146 Å². The van der Waals surface area contributed by atoms with Crippen LogP contribution in [0.25, 0.3) is 6.08 Å². The first kappa shape index (κ1) is 19.1. The van der Waals surface area contributed by atoms with Crippen LogP contribution in [0.15, 0.2) is 35.7 Å². The zero-order valence-corrected chi connectivity index (χ0v) is 14.4. The topological polar surface area (TPSA) is 102 Å². The van der Waals surface area contributed by atoms with Crippen molar-refractivity contribution in [3.05, 3.63) is 41.3 Å². The Morgan fingerprint density at radius 1 is 1.20 bits per heavy atom. The van der Waals surface area contributed by atoms with Crippen molar-refractivity contribution in [2.75, 3.05) is 39.5 Å². The lowest BCUT2D eigenvalue weighted by Crippen LogP contribution is -2.43. The van der Waals surface area contributed by atoms with E-state index >= 15 is 0 Å². The number of morpholine rings is 1. The van der Waals surface area contributed by atoms with E-state index in [0.717, 1.165) is 5.41 Å². The molecular weight excluding hydrogens is 348 g/mol. The van der Waals surface area contributed by atoms with Crippen LogP contribution in [0, 0.1) is 0 Å². The van der Waals surface area contributed by atoms with Crippen LogP contribution in [0.2, 0.25) is 0 Å². The van der Waals surface area contributed by atoms with Crippen LogP contribution in [0.1, 0.15) is 5.56 Å². The molecule has 0 spiro atoms. The molecule has 0 aromatic heterocycles. The van der Waals surface area contributed by atoms with Crippen molar-refractivity contribution in [1.29, 1.82) is 0 Å². The number of benzene rings is 1. The number of carbonyl (C=O) groups excluding carboxylic acids is 2. The van der Waals surface area contributed by atoms with Crippen molar-refractivity contribution in [2.24, 2.45) is 0 Å². The highest BCUT2D eigenvalue weighted by molar-refractivity contribution is 7.92. The molecule has 1 aliphatic heterocycles. The summed E-state index contributed by atoms with van der Waals surface area (Å²) in [6, 6.07) is 8.87. The molecule has 1 aliphatic rings. The predicted molar refractivity (Wildman–Crippen MR) is 90.8 cm³/mol. The van der Waals surface area contributed by atoms with E-state index in [9.17, 15) is 18.0 Å². The fourth-order valence-corrected chi connectivity index (χ4v) is 2.79. The minimum atomic E-state index is -3.78. The predicted octanol–water partition coefficient (Wildman–Crippen LogP) is -0.0213. The van der Waals surface area contributed by atoms with Crippen molar-refractivity contribution < 1.29 is 27.5 Å². The van der Waals surface area contributed by atoms with Gasteiger partial charge in [-0.2, -0.15) is 0 Å². The highest BCUT2D eigenvalue weighted by Crippen LogP contribution is 2.02. The summed E-state index contributed by atoms with van der Waals surface area (Å²) in [4.78, 5) is 24.9. The van der Waals surface area contributed by atoms with Crippen LogP contribution in [0.3, 0.4) is 0 Å². The summed E-state index contributed by atoms with van der Waals surface area (Å²) in [7, 11) is -3.78. The van der Waals surface area contributed by atoms with Crippen molar-refractivity contribution in [3.63, 3.8) is 0 Å². The Kier molecular flexibility index (Phi) is 7.11. The molecule has 1 amide bonds. The second kappa shape index (κ2) is 9.30. The van der Waals surface area contributed by atoms with E-state index in [4.69, 9.17) is 9.47 Å². The van der Waals surface area contributed by atoms with Gasteiger partial charge in [0, 0.05) is 18.5 Å². The summed E-state index contributed by atoms with van der Waals surface area (Å²) in [5, 5.41) is 0.967. The number of rotatable bonds is 7. The number of sulfonamides is 1. The third-order valence-electron chi connectivity index (χ3n) is 3.38. The van der Waals surface area contributed by atoms with E-state index in [1.165, 1.54) is 11.0 Å². The number of nitrogens with one attached hydrogen (secondary N) is 1. The first-order chi connectivity index (χ1) is 12.0. The highest BCUT2D eigenvalue weighted by atomic mass is 32.2. The maximum Gasteiger partial charge on any atom is 0.321 e. The van der Waals surface area contributed by atoms with Crippen molar-refractivity contribution in [1.82, 2.24) is 9.62 Å². The molecule has 8 nitrogen and oxygen atoms in total. The molecule has 2 rings (SSSR count). The van der Waals surface area contributed by atoms with Gasteiger partial charge in [0.25, 0.3) is 5.91 Å². The molecule has 1 aromatic rings. The molecule has 1 heterocycles. The first-order valence-electron chi connectivity index (χ1n) is 7.70. The Bertz CT molecular complexity index is 711. The summed E-state index contributed by atoms with van der Waals surface area (Å²) >= 11 is 0. The van der Waals surface area contributed by atoms with Gasteiger partial charge in [-0.1, -0.05) is 30.3 Å². The van der Waals surface area contributed by atoms with Crippen LogP contribution < -0.4 is 4.72 Å². The van der Waals surface area contributed by atoms with Gasteiger partial charge in [-0.05, 0) is 11.6 Å². The number of nitrogens with zero attached hydrogens (tertiary/aromatic N) is 1. The molecule has 0 radical (unpaired) electrons. The third-order valence-corrected chi connectivity index (χ3v) is 4.42. The van der Waals surface area contributed by atoms with Crippen LogP contribution >= 0.6 is 0 Å². The van der Waals surface area contributed by atoms with Crippen LogP contribution in [-0.4, -0.2) is 64.6 Å². The quantitative estimate of drug-likeness (QED) is 0.679. The summed E-state index contributed by atoms with van der Waals surface area (Å²) in [6.45, 7) is 0.847. The lowest BCUT2D eigenvalue weighted by atomic mass is 10.2. The van der Waals surface area contributed by atoms with Crippen molar-refractivity contribution in [3.8, 4) is 0 Å². The molecule has 0 aliphatic carbocycles. The molecule has 1 saturated heterocycles. The molecule has 25 heavy (non-hydrogen) atoms. The smallest absolute Gasteiger partial charge is 0.321 e. The molecule has 0 saturated carbocycles. The lowest BCUT2D eigenvalue weighted by Gasteiger charge is -2.26. The lowest BCUT2D eigenvalue weighted by molar-refractivity contribution is -0.152. The number of ether oxygens (including phenoxy) is 2. The zero-order chi connectivity index (χ0) is 18.1. The highest BCUT2D eigenvalue weighted by Gasteiger charge is 2.18. The Morgan fingerprint density at radius 3 is 2.56 bits per heavy atom. The molecule has 1 aromatic carbocycles.